The van der Waals surface area contributed by atoms with Crippen LogP contribution in [0.3, 0.4) is 0 Å². The highest BCUT2D eigenvalue weighted by Gasteiger charge is 2.24. The quantitative estimate of drug-likeness (QED) is 0.627. The maximum absolute atomic E-state index is 5.77. The molecular weight excluding hydrogens is 220 g/mol. The predicted molar refractivity (Wildman–Crippen MR) is 79.2 cm³/mol. The molecule has 2 unspecified atom stereocenters. The van der Waals surface area contributed by atoms with Gasteiger partial charge in [-0.25, -0.2) is 0 Å². The molecule has 0 aliphatic heterocycles. The van der Waals surface area contributed by atoms with Crippen molar-refractivity contribution in [2.45, 2.75) is 54.0 Å². The van der Waals surface area contributed by atoms with E-state index in [9.17, 15) is 0 Å². The highest BCUT2D eigenvalue weighted by atomic mass is 15.2. The van der Waals surface area contributed by atoms with Crippen molar-refractivity contribution in [3.8, 4) is 0 Å². The molecule has 102 valence electrons. The number of nitrogens with one attached hydrogen (secondary N) is 1. The second-order valence-corrected chi connectivity index (χ2v) is 6.58. The molecule has 1 aromatic rings. The van der Waals surface area contributed by atoms with Crippen LogP contribution in [-0.4, -0.2) is 0 Å². The Bertz CT molecular complexity index is 391. The summed E-state index contributed by atoms with van der Waals surface area (Å²) in [5.74, 6) is 6.38. The van der Waals surface area contributed by atoms with E-state index >= 15 is 0 Å². The van der Waals surface area contributed by atoms with E-state index in [1.54, 1.807) is 0 Å². The lowest BCUT2D eigenvalue weighted by atomic mass is 9.77. The average molecular weight is 248 g/mol. The second kappa shape index (κ2) is 5.85. The molecule has 0 saturated heterocycles. The third-order valence-corrected chi connectivity index (χ3v) is 4.08. The fourth-order valence-electron chi connectivity index (χ4n) is 2.13. The zero-order valence-electron chi connectivity index (χ0n) is 12.7. The average Bonchev–Trinajstić information content (AvgIpc) is 2.28. The molecule has 0 aliphatic rings. The summed E-state index contributed by atoms with van der Waals surface area (Å²) in [5.41, 5.74) is 7.23. The largest absolute Gasteiger partial charge is 0.271 e. The Balaban J connectivity index is 2.93. The molecule has 0 radical (unpaired) electrons. The van der Waals surface area contributed by atoms with Gasteiger partial charge in [0.05, 0.1) is 0 Å². The van der Waals surface area contributed by atoms with E-state index in [-0.39, 0.29) is 6.04 Å². The molecule has 0 heterocycles. The van der Waals surface area contributed by atoms with Gasteiger partial charge in [0.15, 0.2) is 0 Å². The lowest BCUT2D eigenvalue weighted by Crippen LogP contribution is -2.32. The molecule has 2 heteroatoms. The SMILES string of the molecule is Cc1ccc(C)c(C(CC(C)C(C)(C)C)NN)c1. The van der Waals surface area contributed by atoms with E-state index in [0.717, 1.165) is 6.42 Å². The Morgan fingerprint density at radius 1 is 1.22 bits per heavy atom. The number of aryl methyl sites for hydroxylation is 2. The highest BCUT2D eigenvalue weighted by Crippen LogP contribution is 2.34. The van der Waals surface area contributed by atoms with E-state index in [2.05, 4.69) is 65.2 Å². The molecule has 0 aliphatic carbocycles. The Hall–Kier alpha value is -0.860. The summed E-state index contributed by atoms with van der Waals surface area (Å²) < 4.78 is 0. The third kappa shape index (κ3) is 3.82. The first-order chi connectivity index (χ1) is 8.25. The van der Waals surface area contributed by atoms with Crippen molar-refractivity contribution >= 4 is 0 Å². The first-order valence-corrected chi connectivity index (χ1v) is 6.79. The molecule has 0 amide bonds. The number of hydrazine groups is 1. The molecule has 1 aromatic carbocycles. The summed E-state index contributed by atoms with van der Waals surface area (Å²) in [5, 5.41) is 0. The smallest absolute Gasteiger partial charge is 0.0465 e. The maximum Gasteiger partial charge on any atom is 0.0465 e. The zero-order chi connectivity index (χ0) is 13.9. The van der Waals surface area contributed by atoms with Crippen LogP contribution in [0.1, 0.15) is 56.8 Å². The van der Waals surface area contributed by atoms with Gasteiger partial charge < -0.3 is 0 Å². The predicted octanol–water partition coefficient (Wildman–Crippen LogP) is 3.88. The van der Waals surface area contributed by atoms with Crippen molar-refractivity contribution in [3.05, 3.63) is 34.9 Å². The van der Waals surface area contributed by atoms with Crippen molar-refractivity contribution in [2.24, 2.45) is 17.2 Å². The van der Waals surface area contributed by atoms with Gasteiger partial charge in [-0.3, -0.25) is 11.3 Å². The van der Waals surface area contributed by atoms with Crippen molar-refractivity contribution in [1.82, 2.24) is 5.43 Å². The monoisotopic (exact) mass is 248 g/mol. The van der Waals surface area contributed by atoms with Gasteiger partial charge in [0, 0.05) is 6.04 Å². The van der Waals surface area contributed by atoms with Gasteiger partial charge >= 0.3 is 0 Å². The third-order valence-electron chi connectivity index (χ3n) is 4.08. The number of rotatable bonds is 4. The van der Waals surface area contributed by atoms with Crippen LogP contribution in [0.4, 0.5) is 0 Å². The summed E-state index contributed by atoms with van der Waals surface area (Å²) in [6.45, 7) is 13.4. The van der Waals surface area contributed by atoms with Crippen LogP contribution in [0.5, 0.6) is 0 Å². The van der Waals surface area contributed by atoms with E-state index in [1.807, 2.05) is 0 Å². The summed E-state index contributed by atoms with van der Waals surface area (Å²) in [4.78, 5) is 0. The van der Waals surface area contributed by atoms with Crippen molar-refractivity contribution in [3.63, 3.8) is 0 Å². The van der Waals surface area contributed by atoms with Gasteiger partial charge in [0.2, 0.25) is 0 Å². The summed E-state index contributed by atoms with van der Waals surface area (Å²) in [7, 11) is 0. The topological polar surface area (TPSA) is 38.0 Å². The normalized spacial score (nSPS) is 15.5. The van der Waals surface area contributed by atoms with Crippen molar-refractivity contribution < 1.29 is 0 Å². The minimum Gasteiger partial charge on any atom is -0.271 e. The van der Waals surface area contributed by atoms with Gasteiger partial charge in [0.1, 0.15) is 0 Å². The molecule has 3 N–H and O–H groups in total. The standard InChI is InChI=1S/C16H28N2/c1-11-7-8-12(2)14(9-11)15(18-17)10-13(3)16(4,5)6/h7-9,13,15,18H,10,17H2,1-6H3. The lowest BCUT2D eigenvalue weighted by molar-refractivity contribution is 0.223. The summed E-state index contributed by atoms with van der Waals surface area (Å²) >= 11 is 0. The Morgan fingerprint density at radius 2 is 1.83 bits per heavy atom. The van der Waals surface area contributed by atoms with E-state index in [4.69, 9.17) is 5.84 Å². The minimum atomic E-state index is 0.235. The van der Waals surface area contributed by atoms with Crippen LogP contribution in [0, 0.1) is 25.2 Å². The van der Waals surface area contributed by atoms with Gasteiger partial charge in [0.25, 0.3) is 0 Å². The minimum absolute atomic E-state index is 0.235. The van der Waals surface area contributed by atoms with E-state index < -0.39 is 0 Å². The van der Waals surface area contributed by atoms with Gasteiger partial charge in [-0.05, 0) is 42.7 Å². The van der Waals surface area contributed by atoms with Crippen LogP contribution >= 0.6 is 0 Å². The molecule has 0 saturated carbocycles. The lowest BCUT2D eigenvalue weighted by Gasteiger charge is -2.31. The Labute approximate surface area is 112 Å². The van der Waals surface area contributed by atoms with Crippen molar-refractivity contribution in [2.75, 3.05) is 0 Å². The van der Waals surface area contributed by atoms with Gasteiger partial charge in [-0.2, -0.15) is 0 Å². The van der Waals surface area contributed by atoms with E-state index in [0.29, 0.717) is 11.3 Å². The highest BCUT2D eigenvalue weighted by molar-refractivity contribution is 5.33. The fraction of sp³-hybridized carbons (Fsp3) is 0.625. The Morgan fingerprint density at radius 3 is 2.33 bits per heavy atom. The van der Waals surface area contributed by atoms with Crippen LogP contribution in [-0.2, 0) is 0 Å². The number of hydrogen-bond donors (Lipinski definition) is 2. The van der Waals surface area contributed by atoms with Crippen LogP contribution in [0.2, 0.25) is 0 Å². The van der Waals surface area contributed by atoms with Crippen molar-refractivity contribution in [1.29, 1.82) is 0 Å². The fourth-order valence-corrected chi connectivity index (χ4v) is 2.13. The molecule has 2 atom stereocenters. The second-order valence-electron chi connectivity index (χ2n) is 6.58. The van der Waals surface area contributed by atoms with Crippen LogP contribution in [0.15, 0.2) is 18.2 Å². The van der Waals surface area contributed by atoms with Gasteiger partial charge in [-0.15, -0.1) is 0 Å². The molecule has 2 nitrogen and oxygen atoms in total. The number of nitrogens with two attached hydrogens (primary N) is 1. The molecule has 0 bridgehead atoms. The molecule has 18 heavy (non-hydrogen) atoms. The number of hydrogen-bond acceptors (Lipinski definition) is 2. The van der Waals surface area contributed by atoms with Gasteiger partial charge in [-0.1, -0.05) is 51.5 Å². The van der Waals surface area contributed by atoms with Crippen LogP contribution < -0.4 is 11.3 Å². The first-order valence-electron chi connectivity index (χ1n) is 6.79. The van der Waals surface area contributed by atoms with E-state index in [1.165, 1.54) is 16.7 Å². The number of benzene rings is 1. The molecule has 0 aromatic heterocycles. The molecule has 1 rings (SSSR count). The zero-order valence-corrected chi connectivity index (χ0v) is 12.7. The maximum atomic E-state index is 5.77. The van der Waals surface area contributed by atoms with Crippen LogP contribution in [0.25, 0.3) is 0 Å². The molecule has 0 fully saturated rings. The molecule has 0 spiro atoms. The Kier molecular flexibility index (Phi) is 4.94. The molecular formula is C16H28N2. The first kappa shape index (κ1) is 15.2. The summed E-state index contributed by atoms with van der Waals surface area (Å²) in [6, 6.07) is 6.81. The summed E-state index contributed by atoms with van der Waals surface area (Å²) in [6.07, 6.45) is 1.06.